The third-order valence-electron chi connectivity index (χ3n) is 7.98. The van der Waals surface area contributed by atoms with Crippen LogP contribution in [-0.2, 0) is 38.3 Å². The van der Waals surface area contributed by atoms with Crippen LogP contribution in [-0.4, -0.2) is 57.4 Å². The Kier molecular flexibility index (Phi) is 6.19. The van der Waals surface area contributed by atoms with Gasteiger partial charge in [0.1, 0.15) is 18.3 Å². The summed E-state index contributed by atoms with van der Waals surface area (Å²) >= 11 is 0. The molecule has 2 saturated heterocycles. The van der Waals surface area contributed by atoms with Crippen molar-refractivity contribution >= 4 is 0 Å². The Hall–Kier alpha value is -1.02. The molecule has 1 aromatic heterocycles. The SMILES string of the molecule is CC(C)(C)CC1OC(Cn2nnc3c2CC[C@H]2C(COC(C)(C)C)[C@H]2CC3)C2OC(C)(C)OC12. The molecule has 192 valence electrons. The van der Waals surface area contributed by atoms with Gasteiger partial charge in [-0.1, -0.05) is 26.0 Å². The van der Waals surface area contributed by atoms with Crippen LogP contribution in [0.25, 0.3) is 0 Å². The second-order valence-electron chi connectivity index (χ2n) is 13.7. The first-order valence-electron chi connectivity index (χ1n) is 13.4. The van der Waals surface area contributed by atoms with Crippen molar-refractivity contribution in [2.75, 3.05) is 6.61 Å². The van der Waals surface area contributed by atoms with Crippen LogP contribution in [0.5, 0.6) is 0 Å². The van der Waals surface area contributed by atoms with Gasteiger partial charge in [0.25, 0.3) is 0 Å². The molecular formula is C27H45N3O4. The number of fused-ring (bicyclic) bond motifs is 3. The number of ether oxygens (including phenoxy) is 4. The van der Waals surface area contributed by atoms with Gasteiger partial charge in [-0.05, 0) is 89.9 Å². The molecule has 7 heteroatoms. The molecule has 7 nitrogen and oxygen atoms in total. The lowest BCUT2D eigenvalue weighted by molar-refractivity contribution is -0.191. The second kappa shape index (κ2) is 8.53. The lowest BCUT2D eigenvalue weighted by atomic mass is 9.87. The normalized spacial score (nSPS) is 37.0. The van der Waals surface area contributed by atoms with E-state index >= 15 is 0 Å². The third-order valence-corrected chi connectivity index (χ3v) is 7.98. The number of aryl methyl sites for hydroxylation is 1. The Labute approximate surface area is 205 Å². The summed E-state index contributed by atoms with van der Waals surface area (Å²) in [6, 6.07) is 0. The largest absolute Gasteiger partial charge is 0.376 e. The molecule has 5 rings (SSSR count). The van der Waals surface area contributed by atoms with Crippen LogP contribution in [0, 0.1) is 23.2 Å². The molecule has 4 aliphatic rings. The summed E-state index contributed by atoms with van der Waals surface area (Å²) in [5, 5.41) is 9.20. The lowest BCUT2D eigenvalue weighted by Crippen LogP contribution is -2.33. The minimum absolute atomic E-state index is 0.0275. The molecule has 1 saturated carbocycles. The maximum Gasteiger partial charge on any atom is 0.164 e. The van der Waals surface area contributed by atoms with Gasteiger partial charge in [-0.15, -0.1) is 5.10 Å². The summed E-state index contributed by atoms with van der Waals surface area (Å²) in [6.07, 6.45) is 5.25. The average Bonchev–Trinajstić information content (AvgIpc) is 2.89. The number of hydrogen-bond donors (Lipinski definition) is 0. The molecule has 0 aromatic carbocycles. The van der Waals surface area contributed by atoms with E-state index in [-0.39, 0.29) is 35.4 Å². The van der Waals surface area contributed by atoms with Crippen LogP contribution in [0.4, 0.5) is 0 Å². The summed E-state index contributed by atoms with van der Waals surface area (Å²) in [5.41, 5.74) is 2.56. The van der Waals surface area contributed by atoms with Crippen LogP contribution in [0.1, 0.15) is 86.0 Å². The number of nitrogens with zero attached hydrogens (tertiary/aromatic N) is 3. The van der Waals surface area contributed by atoms with Gasteiger partial charge >= 0.3 is 0 Å². The third kappa shape index (κ3) is 5.23. The quantitative estimate of drug-likeness (QED) is 0.622. The van der Waals surface area contributed by atoms with Crippen molar-refractivity contribution < 1.29 is 18.9 Å². The van der Waals surface area contributed by atoms with E-state index in [0.29, 0.717) is 12.5 Å². The Morgan fingerprint density at radius 1 is 0.971 bits per heavy atom. The summed E-state index contributed by atoms with van der Waals surface area (Å²) in [5.74, 6) is 1.68. The maximum atomic E-state index is 6.57. The zero-order chi connectivity index (χ0) is 24.5. The van der Waals surface area contributed by atoms with Crippen LogP contribution < -0.4 is 0 Å². The first-order chi connectivity index (χ1) is 15.8. The van der Waals surface area contributed by atoms with Crippen molar-refractivity contribution in [3.05, 3.63) is 11.4 Å². The molecule has 0 spiro atoms. The van der Waals surface area contributed by atoms with E-state index in [1.54, 1.807) is 0 Å². The van der Waals surface area contributed by atoms with Crippen LogP contribution >= 0.6 is 0 Å². The van der Waals surface area contributed by atoms with Crippen LogP contribution in [0.3, 0.4) is 0 Å². The molecule has 0 bridgehead atoms. The Morgan fingerprint density at radius 3 is 2.26 bits per heavy atom. The summed E-state index contributed by atoms with van der Waals surface area (Å²) in [7, 11) is 0. The first-order valence-corrected chi connectivity index (χ1v) is 13.4. The molecule has 1 aromatic rings. The predicted molar refractivity (Wildman–Crippen MR) is 129 cm³/mol. The molecule has 7 atom stereocenters. The number of hydrogen-bond acceptors (Lipinski definition) is 6. The van der Waals surface area contributed by atoms with Crippen LogP contribution in [0.2, 0.25) is 0 Å². The van der Waals surface area contributed by atoms with E-state index in [1.165, 1.54) is 24.2 Å². The fourth-order valence-electron chi connectivity index (χ4n) is 6.42. The van der Waals surface area contributed by atoms with Gasteiger partial charge in [0, 0.05) is 0 Å². The van der Waals surface area contributed by atoms with Gasteiger partial charge < -0.3 is 18.9 Å². The second-order valence-corrected chi connectivity index (χ2v) is 13.7. The highest BCUT2D eigenvalue weighted by atomic mass is 16.8. The van der Waals surface area contributed by atoms with Crippen molar-refractivity contribution in [2.24, 2.45) is 23.2 Å². The minimum Gasteiger partial charge on any atom is -0.376 e. The zero-order valence-corrected chi connectivity index (χ0v) is 22.5. The van der Waals surface area contributed by atoms with E-state index in [4.69, 9.17) is 18.9 Å². The first kappa shape index (κ1) is 24.7. The van der Waals surface area contributed by atoms with Gasteiger partial charge in [-0.3, -0.25) is 0 Å². The molecule has 0 amide bonds. The fourth-order valence-corrected chi connectivity index (χ4v) is 6.42. The minimum atomic E-state index is -0.574. The van der Waals surface area contributed by atoms with Gasteiger partial charge in [0.15, 0.2) is 5.79 Å². The Morgan fingerprint density at radius 2 is 1.62 bits per heavy atom. The highest BCUT2D eigenvalue weighted by Gasteiger charge is 2.56. The zero-order valence-electron chi connectivity index (χ0n) is 22.5. The van der Waals surface area contributed by atoms with Crippen LogP contribution in [0.15, 0.2) is 0 Å². The summed E-state index contributed by atoms with van der Waals surface area (Å²) < 4.78 is 27.4. The number of rotatable bonds is 5. The lowest BCUT2D eigenvalue weighted by Gasteiger charge is -2.28. The van der Waals surface area contributed by atoms with E-state index in [1.807, 2.05) is 13.8 Å². The Bertz CT molecular complexity index is 883. The molecule has 2 aliphatic heterocycles. The van der Waals surface area contributed by atoms with Crippen molar-refractivity contribution in [2.45, 2.75) is 130 Å². The summed E-state index contributed by atoms with van der Waals surface area (Å²) in [4.78, 5) is 0. The van der Waals surface area contributed by atoms with Gasteiger partial charge in [0.05, 0.1) is 36.2 Å². The average molecular weight is 476 g/mol. The van der Waals surface area contributed by atoms with Gasteiger partial charge in [0.2, 0.25) is 0 Å². The van der Waals surface area contributed by atoms with E-state index in [9.17, 15) is 0 Å². The van der Waals surface area contributed by atoms with Gasteiger partial charge in [-0.25, -0.2) is 4.68 Å². The molecule has 5 unspecified atom stereocenters. The Balaban J connectivity index is 1.26. The molecule has 0 radical (unpaired) electrons. The van der Waals surface area contributed by atoms with Crippen molar-refractivity contribution in [3.8, 4) is 0 Å². The smallest absolute Gasteiger partial charge is 0.164 e. The molecule has 3 fully saturated rings. The van der Waals surface area contributed by atoms with Crippen molar-refractivity contribution in [3.63, 3.8) is 0 Å². The predicted octanol–water partition coefficient (Wildman–Crippen LogP) is 4.56. The van der Waals surface area contributed by atoms with Crippen molar-refractivity contribution in [1.82, 2.24) is 15.0 Å². The number of aromatic nitrogens is 3. The maximum absolute atomic E-state index is 6.57. The molecule has 3 heterocycles. The molecule has 2 aliphatic carbocycles. The van der Waals surface area contributed by atoms with Gasteiger partial charge in [-0.2, -0.15) is 0 Å². The van der Waals surface area contributed by atoms with E-state index < -0.39 is 5.79 Å². The summed E-state index contributed by atoms with van der Waals surface area (Å²) in [6.45, 7) is 18.8. The van der Waals surface area contributed by atoms with Crippen molar-refractivity contribution in [1.29, 1.82) is 0 Å². The molecular weight excluding hydrogens is 430 g/mol. The highest BCUT2D eigenvalue weighted by molar-refractivity contribution is 5.16. The molecule has 34 heavy (non-hydrogen) atoms. The van der Waals surface area contributed by atoms with E-state index in [2.05, 4.69) is 56.5 Å². The molecule has 0 N–H and O–H groups in total. The monoisotopic (exact) mass is 475 g/mol. The topological polar surface area (TPSA) is 67.6 Å². The van der Waals surface area contributed by atoms with E-state index in [0.717, 1.165) is 37.7 Å². The fraction of sp³-hybridized carbons (Fsp3) is 0.926. The highest BCUT2D eigenvalue weighted by Crippen LogP contribution is 2.53. The standard InChI is InChI=1S/C27H45N3O4/c1-25(2,3)13-21-23-24(34-27(7,8)33-23)22(32-21)14-30-20-12-10-17-16(9-11-19(20)28-29-30)18(17)15-31-26(4,5)6/h16-18,21-24H,9-15H2,1-8H3/t16-,17+,18?,21?,22?,23?,24?/m0/s1.